The quantitative estimate of drug-likeness (QED) is 0.283. The second-order valence-electron chi connectivity index (χ2n) is 9.04. The van der Waals surface area contributed by atoms with Gasteiger partial charge < -0.3 is 20.1 Å². The second kappa shape index (κ2) is 12.3. The van der Waals surface area contributed by atoms with Crippen molar-refractivity contribution in [2.75, 3.05) is 6.61 Å². The van der Waals surface area contributed by atoms with Crippen LogP contribution < -0.4 is 0 Å². The standard InChI is InChI=1S/C23H37IO6/c1-14-7-6-8-17(13-25)9-10-18(15(2)12-24)30-20(27)11-19(26)23(4,5)22(29)16(3)21(14)28/h9,12,14,16,18-19,21,25-26,28H,6-8,10-11,13H2,1-5H3/b15-12+,17-9+/t14?,16?,18-,19?,21-/m0/s1. The Bertz CT molecular complexity index is 654. The molecular weight excluding hydrogens is 499 g/mol. The Morgan fingerprint density at radius 3 is 2.50 bits per heavy atom. The molecule has 0 spiro atoms. The highest BCUT2D eigenvalue weighted by Gasteiger charge is 2.42. The molecule has 3 N–H and O–H groups in total. The molecule has 172 valence electrons. The molecule has 1 rings (SSSR count). The van der Waals surface area contributed by atoms with Gasteiger partial charge in [-0.2, -0.15) is 0 Å². The van der Waals surface area contributed by atoms with Gasteiger partial charge in [-0.25, -0.2) is 0 Å². The van der Waals surface area contributed by atoms with Crippen LogP contribution in [0.2, 0.25) is 0 Å². The molecule has 0 saturated heterocycles. The van der Waals surface area contributed by atoms with E-state index in [0.29, 0.717) is 19.3 Å². The van der Waals surface area contributed by atoms with Crippen LogP contribution >= 0.6 is 22.6 Å². The zero-order valence-corrected chi connectivity index (χ0v) is 20.9. The fourth-order valence-electron chi connectivity index (χ4n) is 3.76. The number of halogens is 1. The van der Waals surface area contributed by atoms with E-state index in [2.05, 4.69) is 22.6 Å². The van der Waals surface area contributed by atoms with Gasteiger partial charge in [0.15, 0.2) is 0 Å². The number of carbonyl (C=O) groups is 2. The molecule has 0 aromatic heterocycles. The summed E-state index contributed by atoms with van der Waals surface area (Å²) in [5.74, 6) is -1.63. The maximum atomic E-state index is 13.0. The van der Waals surface area contributed by atoms with Gasteiger partial charge in [0.1, 0.15) is 11.9 Å². The van der Waals surface area contributed by atoms with E-state index in [4.69, 9.17) is 4.74 Å². The first-order chi connectivity index (χ1) is 13.9. The summed E-state index contributed by atoms with van der Waals surface area (Å²) < 4.78 is 7.44. The minimum absolute atomic E-state index is 0.0770. The molecule has 5 atom stereocenters. The van der Waals surface area contributed by atoms with Crippen LogP contribution in [0.1, 0.15) is 66.7 Å². The summed E-state index contributed by atoms with van der Waals surface area (Å²) in [6.07, 6.45) is 1.63. The molecule has 6 nitrogen and oxygen atoms in total. The Labute approximate surface area is 193 Å². The Balaban J connectivity index is 3.22. The molecule has 1 aliphatic rings. The first-order valence-electron chi connectivity index (χ1n) is 10.6. The van der Waals surface area contributed by atoms with Crippen molar-refractivity contribution in [3.8, 4) is 0 Å². The molecule has 1 aliphatic heterocycles. The monoisotopic (exact) mass is 536 g/mol. The van der Waals surface area contributed by atoms with E-state index in [-0.39, 0.29) is 24.7 Å². The van der Waals surface area contributed by atoms with E-state index in [0.717, 1.165) is 17.6 Å². The molecule has 0 aliphatic carbocycles. The van der Waals surface area contributed by atoms with Gasteiger partial charge in [-0.05, 0) is 47.3 Å². The van der Waals surface area contributed by atoms with E-state index < -0.39 is 35.6 Å². The SMILES string of the molecule is C/C(=C\I)[C@@H]1C/C=C(/CO)CCCC(C)[C@H](O)C(C)C(=O)C(C)(C)C(O)CC(=O)O1. The Morgan fingerprint density at radius 2 is 1.93 bits per heavy atom. The smallest absolute Gasteiger partial charge is 0.309 e. The summed E-state index contributed by atoms with van der Waals surface area (Å²) in [7, 11) is 0. The first kappa shape index (κ1) is 27.3. The molecule has 7 heteroatoms. The Hall–Kier alpha value is -0.770. The highest BCUT2D eigenvalue weighted by atomic mass is 127. The van der Waals surface area contributed by atoms with Gasteiger partial charge in [-0.15, -0.1) is 0 Å². The summed E-state index contributed by atoms with van der Waals surface area (Å²) in [4.78, 5) is 25.5. The Morgan fingerprint density at radius 1 is 1.30 bits per heavy atom. The largest absolute Gasteiger partial charge is 0.457 e. The van der Waals surface area contributed by atoms with Crippen LogP contribution in [0.15, 0.2) is 21.3 Å². The molecule has 0 saturated carbocycles. The first-order valence-corrected chi connectivity index (χ1v) is 11.9. The molecule has 0 fully saturated rings. The Kier molecular flexibility index (Phi) is 11.2. The zero-order valence-electron chi connectivity index (χ0n) is 18.7. The predicted octanol–water partition coefficient (Wildman–Crippen LogP) is 3.71. The van der Waals surface area contributed by atoms with Crippen molar-refractivity contribution in [3.63, 3.8) is 0 Å². The van der Waals surface area contributed by atoms with E-state index in [1.165, 1.54) is 0 Å². The molecule has 3 unspecified atom stereocenters. The van der Waals surface area contributed by atoms with Gasteiger partial charge in [-0.1, -0.05) is 56.4 Å². The topological polar surface area (TPSA) is 104 Å². The maximum Gasteiger partial charge on any atom is 0.309 e. The van der Waals surface area contributed by atoms with Crippen LogP contribution in [0, 0.1) is 17.3 Å². The van der Waals surface area contributed by atoms with Crippen molar-refractivity contribution in [3.05, 3.63) is 21.3 Å². The number of aliphatic hydroxyl groups excluding tert-OH is 3. The average Bonchev–Trinajstić information content (AvgIpc) is 2.71. The molecule has 0 amide bonds. The predicted molar refractivity (Wildman–Crippen MR) is 125 cm³/mol. The molecule has 30 heavy (non-hydrogen) atoms. The van der Waals surface area contributed by atoms with E-state index in [1.54, 1.807) is 20.8 Å². The molecule has 0 radical (unpaired) electrons. The van der Waals surface area contributed by atoms with Crippen molar-refractivity contribution in [2.45, 2.75) is 85.0 Å². The number of aliphatic hydroxyl groups is 3. The lowest BCUT2D eigenvalue weighted by atomic mass is 9.73. The van der Waals surface area contributed by atoms with Crippen LogP contribution in [-0.4, -0.2) is 52.0 Å². The van der Waals surface area contributed by atoms with Gasteiger partial charge in [-0.3, -0.25) is 9.59 Å². The maximum absolute atomic E-state index is 13.0. The fourth-order valence-corrected chi connectivity index (χ4v) is 4.16. The van der Waals surface area contributed by atoms with Gasteiger partial charge in [0.05, 0.1) is 30.7 Å². The summed E-state index contributed by atoms with van der Waals surface area (Å²) in [5.41, 5.74) is 0.536. The lowest BCUT2D eigenvalue weighted by Gasteiger charge is -2.34. The zero-order chi connectivity index (χ0) is 23.1. The number of hydrogen-bond acceptors (Lipinski definition) is 6. The van der Waals surface area contributed by atoms with Crippen molar-refractivity contribution in [1.82, 2.24) is 0 Å². The lowest BCUT2D eigenvalue weighted by molar-refractivity contribution is -0.154. The molecular formula is C23H37IO6. The van der Waals surface area contributed by atoms with Gasteiger partial charge >= 0.3 is 5.97 Å². The number of rotatable bonds is 2. The number of cyclic esters (lactones) is 1. The third-order valence-electron chi connectivity index (χ3n) is 6.27. The number of hydrogen-bond donors (Lipinski definition) is 3. The highest BCUT2D eigenvalue weighted by molar-refractivity contribution is 14.1. The molecule has 1 heterocycles. The second-order valence-corrected chi connectivity index (χ2v) is 9.67. The molecule has 0 bridgehead atoms. The number of carbonyl (C=O) groups excluding carboxylic acids is 2. The normalized spacial score (nSPS) is 34.8. The van der Waals surface area contributed by atoms with E-state index in [9.17, 15) is 24.9 Å². The number of ether oxygens (including phenoxy) is 1. The van der Waals surface area contributed by atoms with Crippen LogP contribution in [0.4, 0.5) is 0 Å². The van der Waals surface area contributed by atoms with Gasteiger partial charge in [0, 0.05) is 12.3 Å². The lowest BCUT2D eigenvalue weighted by Crippen LogP contribution is -2.45. The summed E-state index contributed by atoms with van der Waals surface area (Å²) >= 11 is 2.09. The van der Waals surface area contributed by atoms with Crippen LogP contribution in [0.3, 0.4) is 0 Å². The number of esters is 1. The fraction of sp³-hybridized carbons (Fsp3) is 0.739. The third kappa shape index (κ3) is 7.43. The van der Waals surface area contributed by atoms with Gasteiger partial charge in [0.25, 0.3) is 0 Å². The van der Waals surface area contributed by atoms with E-state index >= 15 is 0 Å². The molecule has 0 aromatic rings. The van der Waals surface area contributed by atoms with E-state index in [1.807, 2.05) is 24.0 Å². The van der Waals surface area contributed by atoms with Crippen LogP contribution in [0.25, 0.3) is 0 Å². The van der Waals surface area contributed by atoms with Crippen molar-refractivity contribution in [1.29, 1.82) is 0 Å². The molecule has 0 aromatic carbocycles. The van der Waals surface area contributed by atoms with Crippen molar-refractivity contribution in [2.24, 2.45) is 17.3 Å². The summed E-state index contributed by atoms with van der Waals surface area (Å²) in [6, 6.07) is 0. The number of ketones is 1. The summed E-state index contributed by atoms with van der Waals surface area (Å²) in [5, 5.41) is 31.0. The van der Waals surface area contributed by atoms with Gasteiger partial charge in [0.2, 0.25) is 0 Å². The van der Waals surface area contributed by atoms with Crippen LogP contribution in [-0.2, 0) is 14.3 Å². The summed E-state index contributed by atoms with van der Waals surface area (Å²) in [6.45, 7) is 8.58. The minimum Gasteiger partial charge on any atom is -0.457 e. The highest BCUT2D eigenvalue weighted by Crippen LogP contribution is 2.32. The van der Waals surface area contributed by atoms with Crippen molar-refractivity contribution < 1.29 is 29.6 Å². The number of Topliss-reactive ketones (excluding diaryl/α,β-unsaturated/α-hetero) is 1. The van der Waals surface area contributed by atoms with Crippen molar-refractivity contribution >= 4 is 34.3 Å². The minimum atomic E-state index is -1.22. The third-order valence-corrected chi connectivity index (χ3v) is 7.25. The average molecular weight is 536 g/mol. The van der Waals surface area contributed by atoms with Crippen LogP contribution in [0.5, 0.6) is 0 Å².